The number of nitrogen functional groups attached to an aromatic ring is 1. The number of aryl methyl sites for hydroxylation is 2. The molecule has 0 heterocycles. The summed E-state index contributed by atoms with van der Waals surface area (Å²) in [5.74, 6) is 0.199. The van der Waals surface area contributed by atoms with Gasteiger partial charge in [0.2, 0.25) is 0 Å². The van der Waals surface area contributed by atoms with Gasteiger partial charge in [-0.2, -0.15) is 0 Å². The number of rotatable bonds is 9. The summed E-state index contributed by atoms with van der Waals surface area (Å²) in [6.45, 7) is 4.35. The van der Waals surface area contributed by atoms with Crippen molar-refractivity contribution in [1.29, 1.82) is 0 Å². The molecule has 0 spiro atoms. The van der Waals surface area contributed by atoms with Gasteiger partial charge < -0.3 is 15.2 Å². The van der Waals surface area contributed by atoms with Crippen molar-refractivity contribution in [3.8, 4) is 16.9 Å². The van der Waals surface area contributed by atoms with E-state index in [0.29, 0.717) is 29.9 Å². The Labute approximate surface area is 164 Å². The Bertz CT molecular complexity index is 864. The summed E-state index contributed by atoms with van der Waals surface area (Å²) < 4.78 is 10.4. The fourth-order valence-corrected chi connectivity index (χ4v) is 2.90. The lowest BCUT2D eigenvalue weighted by atomic mass is 9.97. The third kappa shape index (κ3) is 5.22. The molecule has 0 aliphatic carbocycles. The van der Waals surface area contributed by atoms with Gasteiger partial charge in [0.1, 0.15) is 5.75 Å². The van der Waals surface area contributed by atoms with Crippen LogP contribution in [0.4, 0.5) is 11.4 Å². The second kappa shape index (κ2) is 9.73. The summed E-state index contributed by atoms with van der Waals surface area (Å²) in [6, 6.07) is 8.60. The molecule has 150 valence electrons. The Morgan fingerprint density at radius 2 is 1.86 bits per heavy atom. The fourth-order valence-electron chi connectivity index (χ4n) is 2.90. The van der Waals surface area contributed by atoms with Gasteiger partial charge in [-0.3, -0.25) is 14.9 Å². The maximum absolute atomic E-state index is 11.5. The number of nitro benzene ring substituents is 1. The minimum atomic E-state index is -0.433. The van der Waals surface area contributed by atoms with Crippen molar-refractivity contribution < 1.29 is 19.2 Å². The number of carbonyl (C=O) groups excluding carboxylic acids is 1. The topological polar surface area (TPSA) is 105 Å². The molecule has 0 atom stereocenters. The van der Waals surface area contributed by atoms with E-state index in [2.05, 4.69) is 4.74 Å². The Morgan fingerprint density at radius 1 is 1.11 bits per heavy atom. The highest BCUT2D eigenvalue weighted by Crippen LogP contribution is 2.41. The maximum Gasteiger partial charge on any atom is 0.305 e. The van der Waals surface area contributed by atoms with Crippen LogP contribution in [0, 0.1) is 24.0 Å². The molecule has 28 heavy (non-hydrogen) atoms. The lowest BCUT2D eigenvalue weighted by Gasteiger charge is -2.14. The highest BCUT2D eigenvalue weighted by molar-refractivity contribution is 5.88. The Morgan fingerprint density at radius 3 is 2.50 bits per heavy atom. The highest BCUT2D eigenvalue weighted by Gasteiger charge is 2.22. The van der Waals surface area contributed by atoms with E-state index in [-0.39, 0.29) is 17.3 Å². The van der Waals surface area contributed by atoms with Gasteiger partial charge in [0.05, 0.1) is 29.9 Å². The van der Waals surface area contributed by atoms with Crippen LogP contribution in [0.15, 0.2) is 30.3 Å². The zero-order chi connectivity index (χ0) is 20.7. The SMILES string of the molecule is COC(=O)CCCCCOc1ccc([N+](=O)[O-])c(-c2ccc(C)c(C)c2)c1N. The number of methoxy groups -OCH3 is 1. The van der Waals surface area contributed by atoms with Gasteiger partial charge in [-0.15, -0.1) is 0 Å². The molecule has 7 heteroatoms. The molecule has 2 aromatic rings. The summed E-state index contributed by atoms with van der Waals surface area (Å²) in [6.07, 6.45) is 2.66. The van der Waals surface area contributed by atoms with Gasteiger partial charge >= 0.3 is 5.97 Å². The molecule has 0 saturated heterocycles. The Hall–Kier alpha value is -3.09. The van der Waals surface area contributed by atoms with Gasteiger partial charge in [-0.1, -0.05) is 18.2 Å². The number of nitrogens with two attached hydrogens (primary N) is 1. The van der Waals surface area contributed by atoms with Crippen LogP contribution < -0.4 is 10.5 Å². The molecule has 2 rings (SSSR count). The van der Waals surface area contributed by atoms with Crippen LogP contribution in [0.25, 0.3) is 11.1 Å². The van der Waals surface area contributed by atoms with Crippen molar-refractivity contribution in [2.24, 2.45) is 0 Å². The molecule has 2 aromatic carbocycles. The number of carbonyl (C=O) groups is 1. The van der Waals surface area contributed by atoms with Crippen molar-refractivity contribution in [2.45, 2.75) is 39.5 Å². The number of hydrogen-bond acceptors (Lipinski definition) is 6. The number of nitro groups is 1. The molecule has 2 N–H and O–H groups in total. The standard InChI is InChI=1S/C21H26N2O5/c1-14-8-9-16(13-15(14)2)20-17(23(25)26)10-11-18(21(20)22)28-12-6-4-5-7-19(24)27-3/h8-11,13H,4-7,12,22H2,1-3H3. The quantitative estimate of drug-likeness (QED) is 0.222. The summed E-state index contributed by atoms with van der Waals surface area (Å²) in [4.78, 5) is 22.2. The van der Waals surface area contributed by atoms with E-state index in [4.69, 9.17) is 10.5 Å². The molecule has 0 amide bonds. The zero-order valence-corrected chi connectivity index (χ0v) is 16.5. The first kappa shape index (κ1) is 21.2. The van der Waals surface area contributed by atoms with E-state index in [0.717, 1.165) is 30.4 Å². The van der Waals surface area contributed by atoms with E-state index in [9.17, 15) is 14.9 Å². The first-order valence-electron chi connectivity index (χ1n) is 9.19. The molecule has 0 saturated carbocycles. The predicted molar refractivity (Wildman–Crippen MR) is 108 cm³/mol. The van der Waals surface area contributed by atoms with E-state index < -0.39 is 4.92 Å². The molecule has 7 nitrogen and oxygen atoms in total. The van der Waals surface area contributed by atoms with Crippen LogP contribution in [0.5, 0.6) is 5.75 Å². The molecular formula is C21H26N2O5. The second-order valence-electron chi connectivity index (χ2n) is 6.66. The largest absolute Gasteiger partial charge is 0.491 e. The Balaban J connectivity index is 2.15. The summed E-state index contributed by atoms with van der Waals surface area (Å²) in [5, 5.41) is 11.5. The van der Waals surface area contributed by atoms with E-state index in [1.165, 1.54) is 19.2 Å². The van der Waals surface area contributed by atoms with Gasteiger partial charge in [-0.25, -0.2) is 0 Å². The van der Waals surface area contributed by atoms with Crippen LogP contribution in [0.1, 0.15) is 36.8 Å². The zero-order valence-electron chi connectivity index (χ0n) is 16.5. The summed E-state index contributed by atoms with van der Waals surface area (Å²) in [5.41, 5.74) is 9.65. The normalized spacial score (nSPS) is 10.5. The first-order chi connectivity index (χ1) is 13.3. The number of nitrogens with zero attached hydrogens (tertiary/aromatic N) is 1. The molecule has 0 unspecified atom stereocenters. The van der Waals surface area contributed by atoms with Crippen LogP contribution in [-0.4, -0.2) is 24.6 Å². The average Bonchev–Trinajstić information content (AvgIpc) is 2.67. The van der Waals surface area contributed by atoms with Crippen LogP contribution in [0.2, 0.25) is 0 Å². The number of hydrogen-bond donors (Lipinski definition) is 1. The lowest BCUT2D eigenvalue weighted by Crippen LogP contribution is -2.04. The smallest absolute Gasteiger partial charge is 0.305 e. The molecule has 0 radical (unpaired) electrons. The van der Waals surface area contributed by atoms with Crippen molar-refractivity contribution >= 4 is 17.3 Å². The van der Waals surface area contributed by atoms with Crippen molar-refractivity contribution in [2.75, 3.05) is 19.5 Å². The third-order valence-corrected chi connectivity index (χ3v) is 4.69. The molecular weight excluding hydrogens is 360 g/mol. The molecule has 0 bridgehead atoms. The number of anilines is 1. The van der Waals surface area contributed by atoms with E-state index in [1.807, 2.05) is 32.0 Å². The van der Waals surface area contributed by atoms with Gasteiger partial charge in [-0.05, 0) is 55.9 Å². The van der Waals surface area contributed by atoms with E-state index >= 15 is 0 Å². The van der Waals surface area contributed by atoms with Gasteiger partial charge in [0, 0.05) is 12.5 Å². The number of esters is 1. The minimum absolute atomic E-state index is 0.0498. The molecule has 0 fully saturated rings. The van der Waals surface area contributed by atoms with Crippen molar-refractivity contribution in [3.63, 3.8) is 0 Å². The van der Waals surface area contributed by atoms with Crippen molar-refractivity contribution in [1.82, 2.24) is 0 Å². The summed E-state index contributed by atoms with van der Waals surface area (Å²) >= 11 is 0. The number of benzene rings is 2. The van der Waals surface area contributed by atoms with Crippen molar-refractivity contribution in [3.05, 3.63) is 51.6 Å². The predicted octanol–water partition coefficient (Wildman–Crippen LogP) is 4.57. The van der Waals surface area contributed by atoms with Gasteiger partial charge in [0.15, 0.2) is 0 Å². The minimum Gasteiger partial charge on any atom is -0.491 e. The van der Waals surface area contributed by atoms with Crippen LogP contribution in [-0.2, 0) is 9.53 Å². The second-order valence-corrected chi connectivity index (χ2v) is 6.66. The van der Waals surface area contributed by atoms with Gasteiger partial charge in [0.25, 0.3) is 5.69 Å². The first-order valence-corrected chi connectivity index (χ1v) is 9.19. The highest BCUT2D eigenvalue weighted by atomic mass is 16.6. The van der Waals surface area contributed by atoms with Crippen LogP contribution >= 0.6 is 0 Å². The molecule has 0 aliphatic heterocycles. The summed E-state index contributed by atoms with van der Waals surface area (Å²) in [7, 11) is 1.37. The Kier molecular flexibility index (Phi) is 7.37. The van der Waals surface area contributed by atoms with Crippen LogP contribution in [0.3, 0.4) is 0 Å². The molecule has 0 aliphatic rings. The monoisotopic (exact) mass is 386 g/mol. The molecule has 0 aromatic heterocycles. The number of ether oxygens (including phenoxy) is 2. The average molecular weight is 386 g/mol. The lowest BCUT2D eigenvalue weighted by molar-refractivity contribution is -0.384. The van der Waals surface area contributed by atoms with E-state index in [1.54, 1.807) is 0 Å². The third-order valence-electron chi connectivity index (χ3n) is 4.69. The number of unbranched alkanes of at least 4 members (excludes halogenated alkanes) is 2. The fraction of sp³-hybridized carbons (Fsp3) is 0.381. The maximum atomic E-state index is 11.5.